The van der Waals surface area contributed by atoms with Crippen LogP contribution in [0.5, 0.6) is 0 Å². The first-order chi connectivity index (χ1) is 17.5. The summed E-state index contributed by atoms with van der Waals surface area (Å²) in [6.07, 6.45) is -0.826. The van der Waals surface area contributed by atoms with Crippen LogP contribution in [-0.2, 0) is 19.3 Å². The molecule has 0 bridgehead atoms. The lowest BCUT2D eigenvalue weighted by Crippen LogP contribution is -2.46. The smallest absolute Gasteiger partial charge is 0.415 e. The molecule has 0 radical (unpaired) electrons. The molecule has 1 unspecified atom stereocenters. The highest BCUT2D eigenvalue weighted by molar-refractivity contribution is 7.91. The quantitative estimate of drug-likeness (QED) is 0.397. The van der Waals surface area contributed by atoms with Crippen molar-refractivity contribution < 1.29 is 22.7 Å². The third-order valence-electron chi connectivity index (χ3n) is 5.95. The van der Waals surface area contributed by atoms with Gasteiger partial charge in [-0.25, -0.2) is 13.2 Å². The summed E-state index contributed by atoms with van der Waals surface area (Å²) in [6, 6.07) is 22.6. The standard InChI is InChI=1S/C29H23NO5S/c1-2-34-29(31)30-25-17-9-8-16-24(25)27-28(35-27)26(30)19-18-22-12-7-6-11-21(22)13-10-20-36(32,33)23-14-4-3-5-15-23/h3-9,11-12,14-17,26-28H,2,20H2,1H3/t26?,27-,28+/m0/s1. The number of fused-ring (bicyclic) bond motifs is 3. The van der Waals surface area contributed by atoms with Crippen LogP contribution in [0, 0.1) is 23.7 Å². The van der Waals surface area contributed by atoms with Crippen LogP contribution in [0.25, 0.3) is 0 Å². The van der Waals surface area contributed by atoms with Crippen LogP contribution in [0.4, 0.5) is 10.5 Å². The van der Waals surface area contributed by atoms with Gasteiger partial charge in [0, 0.05) is 16.7 Å². The van der Waals surface area contributed by atoms with E-state index in [9.17, 15) is 13.2 Å². The molecule has 180 valence electrons. The number of nitrogens with zero attached hydrogens (tertiary/aromatic N) is 1. The van der Waals surface area contributed by atoms with E-state index < -0.39 is 22.0 Å². The van der Waals surface area contributed by atoms with Crippen molar-refractivity contribution in [2.75, 3.05) is 17.3 Å². The van der Waals surface area contributed by atoms with E-state index in [2.05, 4.69) is 23.7 Å². The van der Waals surface area contributed by atoms with Gasteiger partial charge in [-0.1, -0.05) is 72.2 Å². The zero-order valence-electron chi connectivity index (χ0n) is 19.5. The lowest BCUT2D eigenvalue weighted by atomic mass is 9.96. The Morgan fingerprint density at radius 1 is 0.944 bits per heavy atom. The molecule has 1 fully saturated rings. The zero-order valence-corrected chi connectivity index (χ0v) is 20.4. The summed E-state index contributed by atoms with van der Waals surface area (Å²) in [5, 5.41) is 0. The van der Waals surface area contributed by atoms with Gasteiger partial charge in [-0.2, -0.15) is 0 Å². The Morgan fingerprint density at radius 3 is 2.36 bits per heavy atom. The van der Waals surface area contributed by atoms with Gasteiger partial charge in [-0.05, 0) is 37.3 Å². The van der Waals surface area contributed by atoms with Crippen molar-refractivity contribution in [3.8, 4) is 23.7 Å². The van der Waals surface area contributed by atoms with E-state index in [0.717, 1.165) is 11.3 Å². The minimum absolute atomic E-state index is 0.107. The maximum absolute atomic E-state index is 12.9. The van der Waals surface area contributed by atoms with Crippen molar-refractivity contribution in [1.29, 1.82) is 0 Å². The van der Waals surface area contributed by atoms with Gasteiger partial charge < -0.3 is 9.47 Å². The van der Waals surface area contributed by atoms with E-state index in [1.165, 1.54) is 0 Å². The topological polar surface area (TPSA) is 76.2 Å². The van der Waals surface area contributed by atoms with Gasteiger partial charge >= 0.3 is 6.09 Å². The molecule has 1 saturated heterocycles. The molecule has 2 heterocycles. The van der Waals surface area contributed by atoms with Crippen molar-refractivity contribution in [2.45, 2.75) is 30.1 Å². The second-order valence-electron chi connectivity index (χ2n) is 8.28. The van der Waals surface area contributed by atoms with Gasteiger partial charge in [0.05, 0.1) is 17.2 Å². The third kappa shape index (κ3) is 4.72. The predicted octanol–water partition coefficient (Wildman–Crippen LogP) is 4.35. The van der Waals surface area contributed by atoms with Crippen molar-refractivity contribution in [2.24, 2.45) is 0 Å². The van der Waals surface area contributed by atoms with Gasteiger partial charge in [0.15, 0.2) is 9.84 Å². The Labute approximate surface area is 210 Å². The van der Waals surface area contributed by atoms with Crippen molar-refractivity contribution in [3.05, 3.63) is 95.6 Å². The maximum Gasteiger partial charge on any atom is 0.415 e. The van der Waals surface area contributed by atoms with Crippen molar-refractivity contribution in [1.82, 2.24) is 0 Å². The van der Waals surface area contributed by atoms with Gasteiger partial charge in [-0.3, -0.25) is 4.90 Å². The average molecular weight is 498 g/mol. The van der Waals surface area contributed by atoms with Crippen LogP contribution in [-0.4, -0.2) is 39.0 Å². The normalized spacial score (nSPS) is 19.5. The number of amides is 1. The molecule has 7 heteroatoms. The average Bonchev–Trinajstić information content (AvgIpc) is 3.70. The van der Waals surface area contributed by atoms with Gasteiger partial charge in [0.2, 0.25) is 0 Å². The summed E-state index contributed by atoms with van der Waals surface area (Å²) in [5.41, 5.74) is 2.93. The third-order valence-corrected chi connectivity index (χ3v) is 7.47. The molecule has 6 nitrogen and oxygen atoms in total. The number of epoxide rings is 1. The Morgan fingerprint density at radius 2 is 1.61 bits per heavy atom. The molecule has 0 spiro atoms. The molecule has 0 aromatic heterocycles. The van der Waals surface area contributed by atoms with E-state index >= 15 is 0 Å². The molecule has 2 aliphatic heterocycles. The zero-order chi connectivity index (χ0) is 25.1. The number of rotatable bonds is 3. The summed E-state index contributed by atoms with van der Waals surface area (Å²) in [4.78, 5) is 14.7. The molecule has 5 rings (SSSR count). The Hall–Kier alpha value is -4.04. The minimum Gasteiger partial charge on any atom is -0.449 e. The first kappa shape index (κ1) is 23.7. The maximum atomic E-state index is 12.9. The molecule has 36 heavy (non-hydrogen) atoms. The van der Waals surface area contributed by atoms with Crippen LogP contribution in [0.1, 0.15) is 29.7 Å². The minimum atomic E-state index is -3.51. The van der Waals surface area contributed by atoms with Crippen LogP contribution in [0.3, 0.4) is 0 Å². The van der Waals surface area contributed by atoms with E-state index in [0.29, 0.717) is 11.1 Å². The van der Waals surface area contributed by atoms with Crippen LogP contribution >= 0.6 is 0 Å². The first-order valence-corrected chi connectivity index (χ1v) is 13.2. The van der Waals surface area contributed by atoms with Crippen LogP contribution in [0.2, 0.25) is 0 Å². The molecular formula is C29H23NO5S. The number of anilines is 1. The summed E-state index contributed by atoms with van der Waals surface area (Å²) >= 11 is 0. The fourth-order valence-corrected chi connectivity index (χ4v) is 5.20. The summed E-state index contributed by atoms with van der Waals surface area (Å²) in [5.74, 6) is 11.8. The number of hydrogen-bond donors (Lipinski definition) is 0. The van der Waals surface area contributed by atoms with Crippen LogP contribution < -0.4 is 4.90 Å². The fourth-order valence-electron chi connectivity index (χ4n) is 4.20. The lowest BCUT2D eigenvalue weighted by Gasteiger charge is -2.31. The van der Waals surface area contributed by atoms with Crippen molar-refractivity contribution >= 4 is 21.6 Å². The highest BCUT2D eigenvalue weighted by atomic mass is 32.2. The van der Waals surface area contributed by atoms with Gasteiger partial charge in [0.1, 0.15) is 24.0 Å². The molecule has 2 aliphatic rings. The van der Waals surface area contributed by atoms with Gasteiger partial charge in [-0.15, -0.1) is 0 Å². The number of para-hydroxylation sites is 1. The molecule has 3 aromatic rings. The molecule has 3 aromatic carbocycles. The number of carbonyl (C=O) groups is 1. The van der Waals surface area contributed by atoms with E-state index in [4.69, 9.17) is 9.47 Å². The van der Waals surface area contributed by atoms with E-state index in [1.807, 2.05) is 42.5 Å². The SMILES string of the molecule is CCOC(=O)N1c2ccccc2[C@@H]2O[C@@H]2C1C#Cc1ccccc1C#CCS(=O)(=O)c1ccccc1. The van der Waals surface area contributed by atoms with Crippen molar-refractivity contribution in [3.63, 3.8) is 0 Å². The fraction of sp³-hybridized carbons (Fsp3) is 0.207. The second-order valence-corrected chi connectivity index (χ2v) is 10.3. The Balaban J connectivity index is 1.43. The largest absolute Gasteiger partial charge is 0.449 e. The second kappa shape index (κ2) is 9.91. The van der Waals surface area contributed by atoms with Gasteiger partial charge in [0.25, 0.3) is 0 Å². The van der Waals surface area contributed by atoms with E-state index in [1.54, 1.807) is 48.2 Å². The highest BCUT2D eigenvalue weighted by Gasteiger charge is 2.55. The monoisotopic (exact) mass is 497 g/mol. The number of carbonyl (C=O) groups excluding carboxylic acids is 1. The molecule has 1 amide bonds. The molecule has 3 atom stereocenters. The summed E-state index contributed by atoms with van der Waals surface area (Å²) in [7, 11) is -3.51. The van der Waals surface area contributed by atoms with Crippen LogP contribution in [0.15, 0.2) is 83.8 Å². The highest BCUT2D eigenvalue weighted by Crippen LogP contribution is 2.51. The molecule has 0 saturated carbocycles. The first-order valence-electron chi connectivity index (χ1n) is 11.6. The summed E-state index contributed by atoms with van der Waals surface area (Å²) in [6.45, 7) is 2.01. The molecular weight excluding hydrogens is 474 g/mol. The predicted molar refractivity (Wildman–Crippen MR) is 136 cm³/mol. The van der Waals surface area contributed by atoms with E-state index in [-0.39, 0.29) is 29.5 Å². The Bertz CT molecular complexity index is 1530. The number of benzene rings is 3. The molecule has 0 aliphatic carbocycles. The number of ether oxygens (including phenoxy) is 2. The lowest BCUT2D eigenvalue weighted by molar-refractivity contribution is 0.157. The molecule has 0 N–H and O–H groups in total. The summed E-state index contributed by atoms with van der Waals surface area (Å²) < 4.78 is 36.3. The number of sulfone groups is 1. The number of hydrogen-bond acceptors (Lipinski definition) is 5. The Kier molecular flexibility index (Phi) is 6.52.